The van der Waals surface area contributed by atoms with Crippen LogP contribution in [0.15, 0.2) is 18.2 Å². The Balaban J connectivity index is 2.43. The summed E-state index contributed by atoms with van der Waals surface area (Å²) in [5, 5.41) is 11.5. The molecule has 0 radical (unpaired) electrons. The summed E-state index contributed by atoms with van der Waals surface area (Å²) < 4.78 is 39.2. The lowest BCUT2D eigenvalue weighted by atomic mass is 10.00. The average Bonchev–Trinajstić information content (AvgIpc) is 2.52. The van der Waals surface area contributed by atoms with Gasteiger partial charge in [0, 0.05) is 24.7 Å². The van der Waals surface area contributed by atoms with E-state index in [0.29, 0.717) is 18.9 Å². The second kappa shape index (κ2) is 7.12. The quantitative estimate of drug-likeness (QED) is 0.870. The van der Waals surface area contributed by atoms with Gasteiger partial charge in [-0.25, -0.2) is 4.79 Å². The molecule has 25 heavy (non-hydrogen) atoms. The van der Waals surface area contributed by atoms with Crippen LogP contribution >= 0.6 is 0 Å². The maximum absolute atomic E-state index is 13.1. The second-order valence-corrected chi connectivity index (χ2v) is 5.83. The van der Waals surface area contributed by atoms with E-state index < -0.39 is 35.6 Å². The lowest BCUT2D eigenvalue weighted by molar-refractivity contribution is -0.143. The number of anilines is 1. The smallest absolute Gasteiger partial charge is 0.416 e. The van der Waals surface area contributed by atoms with Crippen LogP contribution in [0.3, 0.4) is 0 Å². The van der Waals surface area contributed by atoms with Crippen molar-refractivity contribution < 1.29 is 32.7 Å². The molecule has 0 aromatic heterocycles. The van der Waals surface area contributed by atoms with Gasteiger partial charge >= 0.3 is 12.1 Å². The number of halogens is 3. The van der Waals surface area contributed by atoms with Gasteiger partial charge in [-0.05, 0) is 37.5 Å². The Morgan fingerprint density at radius 1 is 1.20 bits per heavy atom. The Morgan fingerprint density at radius 3 is 2.44 bits per heavy atom. The highest BCUT2D eigenvalue weighted by Crippen LogP contribution is 2.33. The first-order chi connectivity index (χ1) is 11.6. The summed E-state index contributed by atoms with van der Waals surface area (Å²) in [4.78, 5) is 36.1. The lowest BCUT2D eigenvalue weighted by Gasteiger charge is -2.33. The van der Waals surface area contributed by atoms with Crippen molar-refractivity contribution in [1.29, 1.82) is 0 Å². The summed E-state index contributed by atoms with van der Waals surface area (Å²) in [5.74, 6) is -2.58. The van der Waals surface area contributed by atoms with Crippen molar-refractivity contribution in [3.05, 3.63) is 29.3 Å². The average molecular weight is 358 g/mol. The van der Waals surface area contributed by atoms with Crippen molar-refractivity contribution in [2.45, 2.75) is 38.4 Å². The number of rotatable bonds is 3. The summed E-state index contributed by atoms with van der Waals surface area (Å²) in [6.07, 6.45) is -3.26. The first-order valence-corrected chi connectivity index (χ1v) is 7.63. The normalized spacial score (nSPS) is 17.9. The fraction of sp³-hybridized carbons (Fsp3) is 0.438. The molecule has 1 unspecified atom stereocenters. The molecule has 0 spiro atoms. The van der Waals surface area contributed by atoms with Crippen molar-refractivity contribution in [2.75, 3.05) is 11.9 Å². The number of nitrogens with one attached hydrogen (secondary N) is 1. The largest absolute Gasteiger partial charge is 0.480 e. The van der Waals surface area contributed by atoms with Crippen molar-refractivity contribution in [2.24, 2.45) is 0 Å². The number of hydrogen-bond acceptors (Lipinski definition) is 3. The van der Waals surface area contributed by atoms with E-state index in [2.05, 4.69) is 5.32 Å². The van der Waals surface area contributed by atoms with Gasteiger partial charge in [-0.3, -0.25) is 9.59 Å². The third-order valence-corrected chi connectivity index (χ3v) is 3.88. The number of amides is 2. The van der Waals surface area contributed by atoms with Gasteiger partial charge in [-0.2, -0.15) is 13.2 Å². The third kappa shape index (κ3) is 4.49. The highest BCUT2D eigenvalue weighted by molar-refractivity contribution is 5.99. The maximum Gasteiger partial charge on any atom is 0.416 e. The van der Waals surface area contributed by atoms with Gasteiger partial charge in [0.05, 0.1) is 5.56 Å². The van der Waals surface area contributed by atoms with Crippen molar-refractivity contribution in [3.63, 3.8) is 0 Å². The van der Waals surface area contributed by atoms with Gasteiger partial charge in [-0.15, -0.1) is 0 Å². The van der Waals surface area contributed by atoms with E-state index in [0.717, 1.165) is 24.0 Å². The van der Waals surface area contributed by atoms with Gasteiger partial charge < -0.3 is 15.3 Å². The molecule has 9 heteroatoms. The van der Waals surface area contributed by atoms with Gasteiger partial charge in [0.25, 0.3) is 5.91 Å². The number of carboxylic acid groups (broad SMARTS) is 1. The van der Waals surface area contributed by atoms with Gasteiger partial charge in [0.2, 0.25) is 5.91 Å². The summed E-state index contributed by atoms with van der Waals surface area (Å²) in [6, 6.07) is 1.44. The van der Waals surface area contributed by atoms with Crippen LogP contribution in [0.4, 0.5) is 18.9 Å². The Kier molecular flexibility index (Phi) is 5.34. The summed E-state index contributed by atoms with van der Waals surface area (Å²) in [7, 11) is 0. The van der Waals surface area contributed by atoms with E-state index in [1.54, 1.807) is 0 Å². The molecule has 1 aromatic rings. The number of carbonyl (C=O) groups is 3. The van der Waals surface area contributed by atoms with Crippen LogP contribution in [0, 0.1) is 0 Å². The van der Waals surface area contributed by atoms with Crippen LogP contribution in [0.25, 0.3) is 0 Å². The molecule has 1 fully saturated rings. The Labute approximate surface area is 141 Å². The summed E-state index contributed by atoms with van der Waals surface area (Å²) >= 11 is 0. The first-order valence-electron chi connectivity index (χ1n) is 7.63. The number of alkyl halides is 3. The van der Waals surface area contributed by atoms with Crippen molar-refractivity contribution in [1.82, 2.24) is 4.90 Å². The minimum Gasteiger partial charge on any atom is -0.480 e. The van der Waals surface area contributed by atoms with Gasteiger partial charge in [0.1, 0.15) is 6.04 Å². The van der Waals surface area contributed by atoms with E-state index >= 15 is 0 Å². The number of likely N-dealkylation sites (tertiary alicyclic amines) is 1. The zero-order chi connectivity index (χ0) is 18.8. The topological polar surface area (TPSA) is 86.7 Å². The van der Waals surface area contributed by atoms with E-state index in [-0.39, 0.29) is 24.2 Å². The minimum absolute atomic E-state index is 0.154. The predicted octanol–water partition coefficient (Wildman–Crippen LogP) is 2.74. The molecule has 6 nitrogen and oxygen atoms in total. The standard InChI is InChI=1S/C16H17F3N2O4/c1-9(22)20-12-7-10(6-11(8-12)16(17,18)19)14(23)21-5-3-2-4-13(21)15(24)25/h6-8,13H,2-5H2,1H3,(H,20,22)(H,24,25). The van der Waals surface area contributed by atoms with Crippen LogP contribution in [-0.2, 0) is 15.8 Å². The molecule has 0 bridgehead atoms. The number of piperidine rings is 1. The molecule has 1 heterocycles. The van der Waals surface area contributed by atoms with Gasteiger partial charge in [-0.1, -0.05) is 0 Å². The van der Waals surface area contributed by atoms with Crippen LogP contribution in [0.1, 0.15) is 42.1 Å². The summed E-state index contributed by atoms with van der Waals surface area (Å²) in [5.41, 5.74) is -1.58. The lowest BCUT2D eigenvalue weighted by Crippen LogP contribution is -2.48. The van der Waals surface area contributed by atoms with Gasteiger partial charge in [0.15, 0.2) is 0 Å². The number of nitrogens with zero attached hydrogens (tertiary/aromatic N) is 1. The zero-order valence-corrected chi connectivity index (χ0v) is 13.4. The van der Waals surface area contributed by atoms with E-state index in [1.165, 1.54) is 0 Å². The molecule has 2 amide bonds. The number of hydrogen-bond donors (Lipinski definition) is 2. The van der Waals surface area contributed by atoms with E-state index in [4.69, 9.17) is 0 Å². The molecular formula is C16H17F3N2O4. The van der Waals surface area contributed by atoms with Crippen molar-refractivity contribution in [3.8, 4) is 0 Å². The molecule has 1 atom stereocenters. The molecule has 2 N–H and O–H groups in total. The maximum atomic E-state index is 13.1. The van der Waals surface area contributed by atoms with Crippen LogP contribution in [-0.4, -0.2) is 40.4 Å². The van der Waals surface area contributed by atoms with Crippen LogP contribution in [0.5, 0.6) is 0 Å². The molecule has 0 saturated carbocycles. The van der Waals surface area contributed by atoms with E-state index in [1.807, 2.05) is 0 Å². The Hall–Kier alpha value is -2.58. The van der Waals surface area contributed by atoms with Crippen LogP contribution < -0.4 is 5.32 Å². The molecular weight excluding hydrogens is 341 g/mol. The molecule has 1 aliphatic rings. The van der Waals surface area contributed by atoms with Crippen molar-refractivity contribution >= 4 is 23.5 Å². The number of aliphatic carboxylic acids is 1. The molecule has 1 aliphatic heterocycles. The molecule has 1 saturated heterocycles. The van der Waals surface area contributed by atoms with Crippen LogP contribution in [0.2, 0.25) is 0 Å². The monoisotopic (exact) mass is 358 g/mol. The second-order valence-electron chi connectivity index (χ2n) is 5.83. The van der Waals surface area contributed by atoms with E-state index in [9.17, 15) is 32.7 Å². The SMILES string of the molecule is CC(=O)Nc1cc(C(=O)N2CCCCC2C(=O)O)cc(C(F)(F)F)c1. The highest BCUT2D eigenvalue weighted by Gasteiger charge is 2.35. The number of benzene rings is 1. The third-order valence-electron chi connectivity index (χ3n) is 3.88. The summed E-state index contributed by atoms with van der Waals surface area (Å²) in [6.45, 7) is 1.29. The molecule has 2 rings (SSSR count). The minimum atomic E-state index is -4.71. The zero-order valence-electron chi connectivity index (χ0n) is 13.4. The Morgan fingerprint density at radius 2 is 1.88 bits per heavy atom. The molecule has 136 valence electrons. The predicted molar refractivity (Wildman–Crippen MR) is 82.1 cm³/mol. The highest BCUT2D eigenvalue weighted by atomic mass is 19.4. The fourth-order valence-corrected chi connectivity index (χ4v) is 2.79. The molecule has 0 aliphatic carbocycles. The fourth-order valence-electron chi connectivity index (χ4n) is 2.79. The number of carboxylic acids is 1. The molecule has 1 aromatic carbocycles. The first kappa shape index (κ1) is 18.8. The number of carbonyl (C=O) groups excluding carboxylic acids is 2. The Bertz CT molecular complexity index is 703.